The van der Waals surface area contributed by atoms with E-state index in [1.807, 2.05) is 35.9 Å². The zero-order valence-corrected chi connectivity index (χ0v) is 15.3. The number of thiophene rings is 1. The van der Waals surface area contributed by atoms with Gasteiger partial charge in [0, 0.05) is 25.0 Å². The first kappa shape index (κ1) is 16.8. The van der Waals surface area contributed by atoms with E-state index < -0.39 is 0 Å². The summed E-state index contributed by atoms with van der Waals surface area (Å²) >= 11 is 1.70. The molecule has 0 bridgehead atoms. The molecule has 0 aliphatic carbocycles. The Morgan fingerprint density at radius 2 is 1.85 bits per heavy atom. The van der Waals surface area contributed by atoms with Crippen LogP contribution in [-0.4, -0.2) is 26.2 Å². The van der Waals surface area contributed by atoms with Crippen molar-refractivity contribution >= 4 is 28.2 Å². The van der Waals surface area contributed by atoms with Crippen LogP contribution in [0.3, 0.4) is 0 Å². The number of fused-ring (bicyclic) bond motifs is 1. The SMILES string of the molecule is Cn1c(CCCO)nc2c(N)nc(-c3ccc(-c4ccccc4)s3)cc21. The van der Waals surface area contributed by atoms with Crippen LogP contribution >= 0.6 is 11.3 Å². The van der Waals surface area contributed by atoms with Crippen LogP contribution in [0.1, 0.15) is 12.2 Å². The fourth-order valence-corrected chi connectivity index (χ4v) is 4.05. The molecule has 0 unspecified atom stereocenters. The minimum atomic E-state index is 0.152. The molecule has 0 spiro atoms. The number of nitrogens with two attached hydrogens (primary N) is 1. The van der Waals surface area contributed by atoms with Crippen molar-refractivity contribution in [3.63, 3.8) is 0 Å². The highest BCUT2D eigenvalue weighted by molar-refractivity contribution is 7.18. The van der Waals surface area contributed by atoms with E-state index in [1.54, 1.807) is 11.3 Å². The first-order valence-corrected chi connectivity index (χ1v) is 9.37. The molecule has 3 heterocycles. The van der Waals surface area contributed by atoms with Crippen LogP contribution in [0.4, 0.5) is 5.82 Å². The molecule has 0 fully saturated rings. The third-order valence-corrected chi connectivity index (χ3v) is 5.62. The summed E-state index contributed by atoms with van der Waals surface area (Å²) in [6.07, 6.45) is 1.40. The van der Waals surface area contributed by atoms with Gasteiger partial charge in [-0.3, -0.25) is 0 Å². The van der Waals surface area contributed by atoms with E-state index in [1.165, 1.54) is 10.4 Å². The summed E-state index contributed by atoms with van der Waals surface area (Å²) in [6.45, 7) is 0.152. The lowest BCUT2D eigenvalue weighted by Gasteiger charge is -2.03. The highest BCUT2D eigenvalue weighted by Crippen LogP contribution is 2.35. The van der Waals surface area contributed by atoms with Crippen LogP contribution in [0.2, 0.25) is 0 Å². The van der Waals surface area contributed by atoms with Crippen LogP contribution in [0, 0.1) is 0 Å². The Bertz CT molecular complexity index is 1050. The standard InChI is InChI=1S/C20H20N4OS/c1-24-15-12-14(22-20(21)19(15)23-18(24)8-5-11-25)17-10-9-16(26-17)13-6-3-2-4-7-13/h2-4,6-7,9-10,12,25H,5,8,11H2,1H3,(H2,21,22). The van der Waals surface area contributed by atoms with Gasteiger partial charge in [-0.25, -0.2) is 9.97 Å². The number of nitrogen functional groups attached to an aromatic ring is 1. The predicted molar refractivity (Wildman–Crippen MR) is 107 cm³/mol. The average molecular weight is 364 g/mol. The second-order valence-corrected chi connectivity index (χ2v) is 7.29. The summed E-state index contributed by atoms with van der Waals surface area (Å²) in [7, 11) is 1.98. The number of benzene rings is 1. The molecule has 0 radical (unpaired) electrons. The molecular weight excluding hydrogens is 344 g/mol. The van der Waals surface area contributed by atoms with Gasteiger partial charge in [0.05, 0.1) is 16.1 Å². The first-order valence-electron chi connectivity index (χ1n) is 8.55. The Kier molecular flexibility index (Phi) is 4.44. The molecule has 3 N–H and O–H groups in total. The van der Waals surface area contributed by atoms with Crippen molar-refractivity contribution in [2.75, 3.05) is 12.3 Å². The predicted octanol–water partition coefficient (Wildman–Crippen LogP) is 3.87. The minimum absolute atomic E-state index is 0.152. The van der Waals surface area contributed by atoms with E-state index in [4.69, 9.17) is 10.8 Å². The number of aliphatic hydroxyl groups is 1. The van der Waals surface area contributed by atoms with Crippen molar-refractivity contribution in [1.82, 2.24) is 14.5 Å². The van der Waals surface area contributed by atoms with Crippen LogP contribution in [0.15, 0.2) is 48.5 Å². The highest BCUT2D eigenvalue weighted by Gasteiger charge is 2.15. The number of aliphatic hydroxyl groups excluding tert-OH is 1. The van der Waals surface area contributed by atoms with Crippen molar-refractivity contribution in [2.45, 2.75) is 12.8 Å². The molecule has 5 nitrogen and oxygen atoms in total. The number of pyridine rings is 1. The van der Waals surface area contributed by atoms with Crippen molar-refractivity contribution in [3.8, 4) is 21.0 Å². The number of hydrogen-bond donors (Lipinski definition) is 2. The fraction of sp³-hybridized carbons (Fsp3) is 0.200. The molecule has 0 saturated carbocycles. The molecule has 26 heavy (non-hydrogen) atoms. The maximum Gasteiger partial charge on any atom is 0.152 e. The van der Waals surface area contributed by atoms with E-state index in [-0.39, 0.29) is 6.61 Å². The van der Waals surface area contributed by atoms with Gasteiger partial charge in [-0.15, -0.1) is 11.3 Å². The molecule has 4 rings (SSSR count). The van der Waals surface area contributed by atoms with Gasteiger partial charge < -0.3 is 15.4 Å². The van der Waals surface area contributed by atoms with Gasteiger partial charge in [-0.05, 0) is 30.2 Å². The monoisotopic (exact) mass is 364 g/mol. The zero-order valence-electron chi connectivity index (χ0n) is 14.5. The topological polar surface area (TPSA) is 77.0 Å². The van der Waals surface area contributed by atoms with Gasteiger partial charge in [0.25, 0.3) is 0 Å². The first-order chi connectivity index (χ1) is 12.7. The number of aromatic nitrogens is 3. The second-order valence-electron chi connectivity index (χ2n) is 6.20. The molecule has 0 aliphatic rings. The van der Waals surface area contributed by atoms with Crippen LogP contribution in [-0.2, 0) is 13.5 Å². The maximum atomic E-state index is 9.06. The number of hydrogen-bond acceptors (Lipinski definition) is 5. The fourth-order valence-electron chi connectivity index (χ4n) is 3.08. The van der Waals surface area contributed by atoms with E-state index >= 15 is 0 Å². The smallest absolute Gasteiger partial charge is 0.152 e. The molecule has 4 aromatic rings. The summed E-state index contributed by atoms with van der Waals surface area (Å²) in [6, 6.07) is 16.6. The molecule has 0 saturated heterocycles. The third kappa shape index (κ3) is 2.98. The van der Waals surface area contributed by atoms with Gasteiger partial charge in [0.2, 0.25) is 0 Å². The lowest BCUT2D eigenvalue weighted by molar-refractivity contribution is 0.287. The summed E-state index contributed by atoms with van der Waals surface area (Å²) in [5.41, 5.74) is 9.94. The minimum Gasteiger partial charge on any atom is -0.396 e. The molecule has 0 aliphatic heterocycles. The number of anilines is 1. The second kappa shape index (κ2) is 6.90. The molecule has 1 aromatic carbocycles. The van der Waals surface area contributed by atoms with Crippen molar-refractivity contribution in [2.24, 2.45) is 7.05 Å². The number of aryl methyl sites for hydroxylation is 2. The largest absolute Gasteiger partial charge is 0.396 e. The normalized spacial score (nSPS) is 11.3. The molecule has 132 valence electrons. The lowest BCUT2D eigenvalue weighted by Crippen LogP contribution is -1.99. The van der Waals surface area contributed by atoms with Crippen molar-refractivity contribution in [3.05, 3.63) is 54.4 Å². The van der Waals surface area contributed by atoms with E-state index in [0.29, 0.717) is 18.7 Å². The Hall–Kier alpha value is -2.70. The molecule has 3 aromatic heterocycles. The van der Waals surface area contributed by atoms with Crippen LogP contribution in [0.25, 0.3) is 32.0 Å². The van der Waals surface area contributed by atoms with Gasteiger partial charge in [0.15, 0.2) is 5.82 Å². The highest BCUT2D eigenvalue weighted by atomic mass is 32.1. The van der Waals surface area contributed by atoms with E-state index in [2.05, 4.69) is 34.2 Å². The molecule has 0 atom stereocenters. The van der Waals surface area contributed by atoms with E-state index in [9.17, 15) is 0 Å². The molecule has 6 heteroatoms. The quantitative estimate of drug-likeness (QED) is 0.563. The van der Waals surface area contributed by atoms with Gasteiger partial charge >= 0.3 is 0 Å². The summed E-state index contributed by atoms with van der Waals surface area (Å²) < 4.78 is 2.04. The van der Waals surface area contributed by atoms with Gasteiger partial charge in [-0.1, -0.05) is 30.3 Å². The summed E-state index contributed by atoms with van der Waals surface area (Å²) in [5.74, 6) is 1.36. The Morgan fingerprint density at radius 1 is 1.08 bits per heavy atom. The number of nitrogens with zero attached hydrogens (tertiary/aromatic N) is 3. The lowest BCUT2D eigenvalue weighted by atomic mass is 10.2. The van der Waals surface area contributed by atoms with Crippen molar-refractivity contribution in [1.29, 1.82) is 0 Å². The number of imidazole rings is 1. The number of rotatable bonds is 5. The van der Waals surface area contributed by atoms with Crippen molar-refractivity contribution < 1.29 is 5.11 Å². The Morgan fingerprint density at radius 3 is 2.62 bits per heavy atom. The zero-order chi connectivity index (χ0) is 18.1. The summed E-state index contributed by atoms with van der Waals surface area (Å²) in [4.78, 5) is 11.5. The Labute approximate surface area is 155 Å². The molecule has 0 amide bonds. The summed E-state index contributed by atoms with van der Waals surface area (Å²) in [5, 5.41) is 9.06. The van der Waals surface area contributed by atoms with Gasteiger partial charge in [-0.2, -0.15) is 0 Å². The van der Waals surface area contributed by atoms with Crippen LogP contribution < -0.4 is 5.73 Å². The Balaban J connectivity index is 1.75. The van der Waals surface area contributed by atoms with E-state index in [0.717, 1.165) is 27.4 Å². The van der Waals surface area contributed by atoms with Crippen LogP contribution in [0.5, 0.6) is 0 Å². The maximum absolute atomic E-state index is 9.06. The van der Waals surface area contributed by atoms with Gasteiger partial charge in [0.1, 0.15) is 11.3 Å². The molecular formula is C20H20N4OS. The third-order valence-electron chi connectivity index (χ3n) is 4.46. The average Bonchev–Trinajstić information content (AvgIpc) is 3.27.